The third kappa shape index (κ3) is 22.8. The van der Waals surface area contributed by atoms with E-state index in [0.29, 0.717) is 0 Å². The predicted molar refractivity (Wildman–Crippen MR) is 166 cm³/mol. The Bertz CT molecular complexity index is 982. The van der Waals surface area contributed by atoms with E-state index in [1.165, 1.54) is 19.3 Å². The molecule has 0 saturated carbocycles. The fourth-order valence-electron chi connectivity index (χ4n) is 3.54. The topological polar surface area (TPSA) is 216 Å². The summed E-state index contributed by atoms with van der Waals surface area (Å²) in [6.07, 6.45) is 19.5. The lowest BCUT2D eigenvalue weighted by atomic mass is 10.1. The molecule has 0 heterocycles. The number of carbonyl (C=O) groups excluding carboxylic acids is 2. The first-order chi connectivity index (χ1) is 20.5. The summed E-state index contributed by atoms with van der Waals surface area (Å²) >= 11 is 1.13. The number of hydrogen-bond acceptors (Lipinski definition) is 8. The minimum Gasteiger partial charge on any atom is -0.481 e. The maximum atomic E-state index is 12.6. The van der Waals surface area contributed by atoms with Gasteiger partial charge in [0.1, 0.15) is 18.6 Å². The number of thioether (sulfide) groups is 1. The van der Waals surface area contributed by atoms with Crippen molar-refractivity contribution in [1.29, 1.82) is 0 Å². The zero-order valence-electron chi connectivity index (χ0n) is 24.7. The smallest absolute Gasteiger partial charge is 0.322 e. The Morgan fingerprint density at radius 2 is 1.58 bits per heavy atom. The summed E-state index contributed by atoms with van der Waals surface area (Å²) < 4.78 is 0. The van der Waals surface area contributed by atoms with Crippen LogP contribution in [-0.4, -0.2) is 85.9 Å². The third-order valence-electron chi connectivity index (χ3n) is 5.97. The van der Waals surface area contributed by atoms with Crippen LogP contribution in [0.15, 0.2) is 48.6 Å². The molecule has 242 valence electrons. The van der Waals surface area contributed by atoms with Gasteiger partial charge in [-0.1, -0.05) is 68.4 Å². The van der Waals surface area contributed by atoms with Gasteiger partial charge in [0.2, 0.25) is 11.8 Å². The molecule has 8 N–H and O–H groups in total. The molecule has 0 aromatic rings. The van der Waals surface area contributed by atoms with Gasteiger partial charge in [0, 0.05) is 23.8 Å². The lowest BCUT2D eigenvalue weighted by Crippen LogP contribution is -2.50. The molecule has 0 radical (unpaired) electrons. The first-order valence-corrected chi connectivity index (χ1v) is 15.5. The van der Waals surface area contributed by atoms with Crippen LogP contribution in [0.5, 0.6) is 0 Å². The Hall–Kier alpha value is -3.42. The van der Waals surface area contributed by atoms with Gasteiger partial charge in [0.15, 0.2) is 0 Å². The molecule has 0 aliphatic rings. The monoisotopic (exact) mass is 625 g/mol. The highest BCUT2D eigenvalue weighted by Crippen LogP contribution is 2.22. The predicted octanol–water partition coefficient (Wildman–Crippen LogP) is 2.78. The lowest BCUT2D eigenvalue weighted by molar-refractivity contribution is -0.139. The quantitative estimate of drug-likeness (QED) is 0.0444. The number of carboxylic acid groups (broad SMARTS) is 3. The highest BCUT2D eigenvalue weighted by molar-refractivity contribution is 8.00. The molecule has 0 bridgehead atoms. The zero-order chi connectivity index (χ0) is 32.5. The van der Waals surface area contributed by atoms with E-state index in [2.05, 4.69) is 29.7 Å². The largest absolute Gasteiger partial charge is 0.481 e. The Kier molecular flexibility index (Phi) is 23.1. The summed E-state index contributed by atoms with van der Waals surface area (Å²) in [6, 6.07) is -2.45. The molecule has 12 nitrogen and oxygen atoms in total. The average molecular weight is 626 g/mol. The first-order valence-electron chi connectivity index (χ1n) is 14.4. The molecular weight excluding hydrogens is 578 g/mol. The van der Waals surface area contributed by atoms with E-state index in [4.69, 9.17) is 21.1 Å². The van der Waals surface area contributed by atoms with Crippen LogP contribution in [0, 0.1) is 0 Å². The molecule has 0 aliphatic heterocycles. The van der Waals surface area contributed by atoms with Gasteiger partial charge in [0.05, 0.1) is 6.10 Å². The summed E-state index contributed by atoms with van der Waals surface area (Å²) in [6.45, 7) is 1.49. The van der Waals surface area contributed by atoms with Gasteiger partial charge >= 0.3 is 17.9 Å². The Balaban J connectivity index is 5.38. The number of amides is 2. The molecule has 0 rings (SSSR count). The summed E-state index contributed by atoms with van der Waals surface area (Å²) in [7, 11) is 0. The van der Waals surface area contributed by atoms with Crippen LogP contribution in [-0.2, 0) is 24.0 Å². The highest BCUT2D eigenvalue weighted by atomic mass is 32.2. The van der Waals surface area contributed by atoms with Gasteiger partial charge in [0.25, 0.3) is 0 Å². The Labute approximate surface area is 257 Å². The summed E-state index contributed by atoms with van der Waals surface area (Å²) in [5.41, 5.74) is 5.43. The molecule has 0 aromatic heterocycles. The van der Waals surface area contributed by atoms with Crippen molar-refractivity contribution in [3.05, 3.63) is 48.6 Å². The number of hydrogen-bond donors (Lipinski definition) is 7. The van der Waals surface area contributed by atoms with Crippen molar-refractivity contribution in [1.82, 2.24) is 10.6 Å². The van der Waals surface area contributed by atoms with Crippen LogP contribution in [0.1, 0.15) is 71.1 Å². The van der Waals surface area contributed by atoms with Crippen molar-refractivity contribution in [3.63, 3.8) is 0 Å². The van der Waals surface area contributed by atoms with Gasteiger partial charge < -0.3 is 36.8 Å². The van der Waals surface area contributed by atoms with Crippen molar-refractivity contribution in [2.75, 3.05) is 12.3 Å². The molecule has 0 fully saturated rings. The maximum Gasteiger partial charge on any atom is 0.322 e. The first kappa shape index (κ1) is 39.6. The zero-order valence-corrected chi connectivity index (χ0v) is 25.5. The van der Waals surface area contributed by atoms with Crippen molar-refractivity contribution in [2.45, 2.75) is 94.6 Å². The van der Waals surface area contributed by atoms with E-state index in [-0.39, 0.29) is 37.9 Å². The van der Waals surface area contributed by atoms with Gasteiger partial charge in [-0.2, -0.15) is 0 Å². The molecule has 2 amide bonds. The number of nitrogens with one attached hydrogen (secondary N) is 2. The standard InChI is InChI=1S/C30H47N3O9S/c1-2-3-4-5-6-7-8-9-10-11-12-13-16-25(24(34)15-14-17-27(36)37)43-21-23(29(40)32-20-28(38)39)33-26(35)19-18-22(31)30(41)42/h6-7,9-13,16,22-25,34H,2-5,8,14-15,17-21,31H2,1H3,(H,32,40)(H,33,35)(H,36,37)(H,38,39)(H,41,42)/b7-6-,10-9-,12-11+,16-13+/t22-,23-,24+,25+/m0/s1. The van der Waals surface area contributed by atoms with E-state index in [1.807, 2.05) is 18.2 Å². The lowest BCUT2D eigenvalue weighted by Gasteiger charge is -2.23. The van der Waals surface area contributed by atoms with Gasteiger partial charge in [-0.05, 0) is 38.5 Å². The maximum absolute atomic E-state index is 12.6. The van der Waals surface area contributed by atoms with Crippen molar-refractivity contribution < 1.29 is 44.4 Å². The van der Waals surface area contributed by atoms with Crippen LogP contribution in [0.2, 0.25) is 0 Å². The molecule has 0 spiro atoms. The summed E-state index contributed by atoms with van der Waals surface area (Å²) in [5, 5.41) is 41.6. The minimum absolute atomic E-state index is 0.0542. The van der Waals surface area contributed by atoms with Crippen LogP contribution in [0.3, 0.4) is 0 Å². The number of carboxylic acids is 3. The van der Waals surface area contributed by atoms with E-state index >= 15 is 0 Å². The molecule has 43 heavy (non-hydrogen) atoms. The fourth-order valence-corrected chi connectivity index (χ4v) is 4.75. The number of carbonyl (C=O) groups is 5. The number of unbranched alkanes of at least 4 members (excludes halogenated alkanes) is 3. The van der Waals surface area contributed by atoms with Crippen LogP contribution >= 0.6 is 11.8 Å². The van der Waals surface area contributed by atoms with Crippen molar-refractivity contribution in [3.8, 4) is 0 Å². The number of nitrogens with two attached hydrogens (primary N) is 1. The second kappa shape index (κ2) is 25.1. The van der Waals surface area contributed by atoms with Gasteiger partial charge in [-0.3, -0.25) is 24.0 Å². The molecule has 0 aliphatic carbocycles. The second-order valence-corrected chi connectivity index (χ2v) is 11.0. The number of allylic oxidation sites excluding steroid dienone is 7. The van der Waals surface area contributed by atoms with E-state index in [0.717, 1.165) is 24.6 Å². The fraction of sp³-hybridized carbons (Fsp3) is 0.567. The van der Waals surface area contributed by atoms with E-state index in [9.17, 15) is 29.1 Å². The number of aliphatic carboxylic acids is 3. The summed E-state index contributed by atoms with van der Waals surface area (Å²) in [4.78, 5) is 57.8. The summed E-state index contributed by atoms with van der Waals surface area (Å²) in [5.74, 6) is -5.01. The molecular formula is C30H47N3O9S. The minimum atomic E-state index is -1.28. The van der Waals surface area contributed by atoms with Crippen molar-refractivity contribution >= 4 is 41.5 Å². The normalized spacial score (nSPS) is 14.7. The highest BCUT2D eigenvalue weighted by Gasteiger charge is 2.25. The Morgan fingerprint density at radius 1 is 0.860 bits per heavy atom. The van der Waals surface area contributed by atoms with E-state index < -0.39 is 59.7 Å². The van der Waals surface area contributed by atoms with Crippen molar-refractivity contribution in [2.24, 2.45) is 5.73 Å². The van der Waals surface area contributed by atoms with Crippen LogP contribution in [0.25, 0.3) is 0 Å². The number of aliphatic hydroxyl groups is 1. The third-order valence-corrected chi connectivity index (χ3v) is 7.36. The molecule has 0 unspecified atom stereocenters. The second-order valence-electron chi connectivity index (χ2n) is 9.77. The van der Waals surface area contributed by atoms with Crippen LogP contribution < -0.4 is 16.4 Å². The molecule has 0 saturated heterocycles. The Morgan fingerprint density at radius 3 is 2.23 bits per heavy atom. The molecule has 13 heteroatoms. The average Bonchev–Trinajstić information content (AvgIpc) is 2.95. The molecule has 0 aromatic carbocycles. The number of rotatable bonds is 25. The van der Waals surface area contributed by atoms with E-state index in [1.54, 1.807) is 18.2 Å². The molecule has 4 atom stereocenters. The number of aliphatic hydroxyl groups excluding tert-OH is 1. The van der Waals surface area contributed by atoms with Gasteiger partial charge in [-0.15, -0.1) is 11.8 Å². The SMILES string of the molecule is CCCCC/C=C\C\C=C/C=C/C=C/[C@@H](SC[C@H](NC(=O)CC[C@H](N)C(=O)O)C(=O)NCC(=O)O)[C@H](O)CCCC(=O)O. The van der Waals surface area contributed by atoms with Gasteiger partial charge in [-0.25, -0.2) is 0 Å². The van der Waals surface area contributed by atoms with Crippen LogP contribution in [0.4, 0.5) is 0 Å².